The summed E-state index contributed by atoms with van der Waals surface area (Å²) < 4.78 is 3.71. The summed E-state index contributed by atoms with van der Waals surface area (Å²) in [5.74, 6) is 0.707. The Kier molecular flexibility index (Phi) is 4.59. The van der Waals surface area contributed by atoms with E-state index >= 15 is 0 Å². The zero-order valence-corrected chi connectivity index (χ0v) is 16.7. The monoisotopic (exact) mass is 385 g/mol. The topological polar surface area (TPSA) is 81.8 Å². The zero-order valence-electron chi connectivity index (χ0n) is 15.8. The number of hydrogen-bond donors (Lipinski definition) is 1. The molecule has 0 saturated carbocycles. The van der Waals surface area contributed by atoms with Gasteiger partial charge in [-0.2, -0.15) is 5.10 Å². The van der Waals surface area contributed by atoms with Crippen LogP contribution in [0.3, 0.4) is 0 Å². The predicted octanol–water partition coefficient (Wildman–Crippen LogP) is 2.35. The third-order valence-corrected chi connectivity index (χ3v) is 6.24. The van der Waals surface area contributed by atoms with E-state index in [0.29, 0.717) is 21.6 Å². The molecule has 0 bridgehead atoms. The Morgan fingerprint density at radius 2 is 2.15 bits per heavy atom. The van der Waals surface area contributed by atoms with Crippen LogP contribution in [-0.2, 0) is 19.5 Å². The van der Waals surface area contributed by atoms with E-state index in [1.54, 1.807) is 4.57 Å². The maximum atomic E-state index is 12.7. The van der Waals surface area contributed by atoms with Crippen molar-refractivity contribution in [3.63, 3.8) is 0 Å². The fourth-order valence-electron chi connectivity index (χ4n) is 3.70. The molecule has 4 heterocycles. The van der Waals surface area contributed by atoms with Crippen LogP contribution in [-0.4, -0.2) is 31.8 Å². The van der Waals surface area contributed by atoms with E-state index in [4.69, 9.17) is 0 Å². The average molecular weight is 385 g/mol. The van der Waals surface area contributed by atoms with Crippen LogP contribution < -0.4 is 10.9 Å². The number of aromatic nitrogens is 4. The molecule has 3 aromatic heterocycles. The van der Waals surface area contributed by atoms with Gasteiger partial charge < -0.3 is 5.32 Å². The summed E-state index contributed by atoms with van der Waals surface area (Å²) in [6, 6.07) is 2.04. The lowest BCUT2D eigenvalue weighted by atomic mass is 10.2. The molecule has 1 N–H and O–H groups in total. The molecule has 7 nitrogen and oxygen atoms in total. The molecule has 0 spiro atoms. The number of thiophene rings is 1. The van der Waals surface area contributed by atoms with Crippen molar-refractivity contribution in [1.82, 2.24) is 24.6 Å². The van der Waals surface area contributed by atoms with E-state index in [1.165, 1.54) is 11.3 Å². The Morgan fingerprint density at radius 3 is 2.89 bits per heavy atom. The minimum Gasteiger partial charge on any atom is -0.351 e. The molecular formula is C19H23N5O2S. The molecule has 0 saturated heterocycles. The SMILES string of the molecule is Cc1cc(C)n(CCCNC(=O)c2sc3nc4n(c(=O)c3c2C)CCC4)n1. The van der Waals surface area contributed by atoms with Crippen LogP contribution in [0.5, 0.6) is 0 Å². The van der Waals surface area contributed by atoms with Crippen molar-refractivity contribution >= 4 is 27.5 Å². The van der Waals surface area contributed by atoms with Gasteiger partial charge in [-0.25, -0.2) is 4.98 Å². The molecule has 0 aliphatic carbocycles. The molecule has 0 radical (unpaired) electrons. The van der Waals surface area contributed by atoms with Crippen LogP contribution in [0.25, 0.3) is 10.2 Å². The van der Waals surface area contributed by atoms with Gasteiger partial charge in [-0.15, -0.1) is 11.3 Å². The summed E-state index contributed by atoms with van der Waals surface area (Å²) in [6.07, 6.45) is 2.59. The number of nitrogens with one attached hydrogen (secondary N) is 1. The van der Waals surface area contributed by atoms with Crippen molar-refractivity contribution in [2.45, 2.75) is 53.1 Å². The van der Waals surface area contributed by atoms with E-state index in [9.17, 15) is 9.59 Å². The van der Waals surface area contributed by atoms with Gasteiger partial charge in [0.05, 0.1) is 16.0 Å². The number of carbonyl (C=O) groups excluding carboxylic acids is 1. The first-order valence-electron chi connectivity index (χ1n) is 9.28. The first-order chi connectivity index (χ1) is 13.0. The van der Waals surface area contributed by atoms with Crippen LogP contribution in [0.15, 0.2) is 10.9 Å². The molecular weight excluding hydrogens is 362 g/mol. The van der Waals surface area contributed by atoms with Crippen molar-refractivity contribution in [3.8, 4) is 0 Å². The van der Waals surface area contributed by atoms with Gasteiger partial charge in [0.25, 0.3) is 11.5 Å². The molecule has 0 fully saturated rings. The van der Waals surface area contributed by atoms with E-state index in [0.717, 1.165) is 55.1 Å². The van der Waals surface area contributed by atoms with Crippen molar-refractivity contribution in [2.24, 2.45) is 0 Å². The second-order valence-corrected chi connectivity index (χ2v) is 8.08. The lowest BCUT2D eigenvalue weighted by Gasteiger charge is -2.06. The fraction of sp³-hybridized carbons (Fsp3) is 0.474. The number of carbonyl (C=O) groups is 1. The highest BCUT2D eigenvalue weighted by atomic mass is 32.1. The normalized spacial score (nSPS) is 13.3. The molecule has 1 aliphatic rings. The number of rotatable bonds is 5. The number of fused-ring (bicyclic) bond motifs is 2. The summed E-state index contributed by atoms with van der Waals surface area (Å²) in [4.78, 5) is 31.2. The highest BCUT2D eigenvalue weighted by molar-refractivity contribution is 7.20. The van der Waals surface area contributed by atoms with Gasteiger partial charge in [0, 0.05) is 31.7 Å². The van der Waals surface area contributed by atoms with Crippen LogP contribution in [0.2, 0.25) is 0 Å². The summed E-state index contributed by atoms with van der Waals surface area (Å²) in [6.45, 7) is 7.90. The molecule has 0 unspecified atom stereocenters. The summed E-state index contributed by atoms with van der Waals surface area (Å²) >= 11 is 1.32. The van der Waals surface area contributed by atoms with E-state index in [2.05, 4.69) is 15.4 Å². The summed E-state index contributed by atoms with van der Waals surface area (Å²) in [5, 5.41) is 7.99. The smallest absolute Gasteiger partial charge is 0.262 e. The highest BCUT2D eigenvalue weighted by Gasteiger charge is 2.23. The maximum absolute atomic E-state index is 12.7. The average Bonchev–Trinajstić information content (AvgIpc) is 3.30. The van der Waals surface area contributed by atoms with Crippen LogP contribution >= 0.6 is 11.3 Å². The minimum absolute atomic E-state index is 0.00942. The second-order valence-electron chi connectivity index (χ2n) is 7.08. The molecule has 0 aromatic carbocycles. The van der Waals surface area contributed by atoms with Crippen molar-refractivity contribution < 1.29 is 4.79 Å². The molecule has 27 heavy (non-hydrogen) atoms. The number of nitrogens with zero attached hydrogens (tertiary/aromatic N) is 4. The van der Waals surface area contributed by atoms with Gasteiger partial charge in [0.15, 0.2) is 0 Å². The first-order valence-corrected chi connectivity index (χ1v) is 10.1. The van der Waals surface area contributed by atoms with Gasteiger partial charge in [-0.3, -0.25) is 18.8 Å². The third kappa shape index (κ3) is 3.18. The molecule has 3 aromatic rings. The maximum Gasteiger partial charge on any atom is 0.262 e. The molecule has 1 aliphatic heterocycles. The third-order valence-electron chi connectivity index (χ3n) is 5.05. The Morgan fingerprint density at radius 1 is 1.33 bits per heavy atom. The van der Waals surface area contributed by atoms with Gasteiger partial charge >= 0.3 is 0 Å². The quantitative estimate of drug-likeness (QED) is 0.684. The minimum atomic E-state index is -0.131. The predicted molar refractivity (Wildman–Crippen MR) is 106 cm³/mol. The van der Waals surface area contributed by atoms with Crippen molar-refractivity contribution in [2.75, 3.05) is 6.54 Å². The van der Waals surface area contributed by atoms with Gasteiger partial charge in [-0.1, -0.05) is 0 Å². The lowest BCUT2D eigenvalue weighted by molar-refractivity contribution is 0.0956. The van der Waals surface area contributed by atoms with E-state index in [1.807, 2.05) is 31.5 Å². The fourth-order valence-corrected chi connectivity index (χ4v) is 4.81. The molecule has 4 rings (SSSR count). The van der Waals surface area contributed by atoms with Crippen molar-refractivity contribution in [1.29, 1.82) is 0 Å². The van der Waals surface area contributed by atoms with Gasteiger partial charge in [0.1, 0.15) is 10.7 Å². The van der Waals surface area contributed by atoms with E-state index < -0.39 is 0 Å². The highest BCUT2D eigenvalue weighted by Crippen LogP contribution is 2.28. The standard InChI is InChI=1S/C19H23N5O2S/c1-11-10-12(2)24(22-11)9-5-7-20-17(25)16-13(3)15-18(27-16)21-14-6-4-8-23(14)19(15)26/h10H,4-9H2,1-3H3,(H,20,25). The number of aryl methyl sites for hydroxylation is 5. The molecule has 0 atom stereocenters. The summed E-state index contributed by atoms with van der Waals surface area (Å²) in [5.41, 5.74) is 2.86. The van der Waals surface area contributed by atoms with E-state index in [-0.39, 0.29) is 11.5 Å². The largest absolute Gasteiger partial charge is 0.351 e. The Bertz CT molecular complexity index is 1090. The van der Waals surface area contributed by atoms with Gasteiger partial charge in [0.2, 0.25) is 0 Å². The summed E-state index contributed by atoms with van der Waals surface area (Å²) in [7, 11) is 0. The van der Waals surface area contributed by atoms with Crippen LogP contribution in [0.4, 0.5) is 0 Å². The molecule has 1 amide bonds. The Balaban J connectivity index is 1.47. The second kappa shape index (κ2) is 6.92. The van der Waals surface area contributed by atoms with Crippen molar-refractivity contribution in [3.05, 3.63) is 44.1 Å². The Hall–Kier alpha value is -2.48. The van der Waals surface area contributed by atoms with Crippen LogP contribution in [0.1, 0.15) is 45.3 Å². The number of hydrogen-bond acceptors (Lipinski definition) is 5. The van der Waals surface area contributed by atoms with Crippen LogP contribution in [0, 0.1) is 20.8 Å². The first kappa shape index (κ1) is 17.9. The Labute approximate surface area is 161 Å². The zero-order chi connectivity index (χ0) is 19.1. The molecule has 8 heteroatoms. The lowest BCUT2D eigenvalue weighted by Crippen LogP contribution is -2.25. The van der Waals surface area contributed by atoms with Gasteiger partial charge in [-0.05, 0) is 45.2 Å². The number of amides is 1. The molecule has 142 valence electrons.